The standard InChI is InChI=1S/C20H29NOS/c1-15(2)21(16(3)4)13-12-18(20-11-8-14-23-20)17-9-6-7-10-19(17)22-5/h6-11,14-16,18H,12-13H2,1-5H3. The molecule has 0 spiro atoms. The number of hydrogen-bond donors (Lipinski definition) is 0. The summed E-state index contributed by atoms with van der Waals surface area (Å²) in [6.07, 6.45) is 1.11. The van der Waals surface area contributed by atoms with Gasteiger partial charge in [0.05, 0.1) is 7.11 Å². The summed E-state index contributed by atoms with van der Waals surface area (Å²) in [5.74, 6) is 1.39. The minimum absolute atomic E-state index is 0.395. The summed E-state index contributed by atoms with van der Waals surface area (Å²) in [6.45, 7) is 10.2. The van der Waals surface area contributed by atoms with E-state index in [0.29, 0.717) is 18.0 Å². The van der Waals surface area contributed by atoms with Gasteiger partial charge in [0.1, 0.15) is 5.75 Å². The Bertz CT molecular complexity index is 569. The first-order valence-electron chi connectivity index (χ1n) is 8.46. The van der Waals surface area contributed by atoms with E-state index in [-0.39, 0.29) is 0 Å². The average molecular weight is 332 g/mol. The third-order valence-electron chi connectivity index (χ3n) is 4.40. The molecule has 2 nitrogen and oxygen atoms in total. The molecule has 0 aliphatic rings. The predicted octanol–water partition coefficient (Wildman–Crippen LogP) is 5.40. The number of benzene rings is 1. The Morgan fingerprint density at radius 1 is 1.00 bits per heavy atom. The molecule has 1 aromatic heterocycles. The maximum absolute atomic E-state index is 5.62. The van der Waals surface area contributed by atoms with Gasteiger partial charge in [-0.15, -0.1) is 11.3 Å². The molecule has 0 fully saturated rings. The van der Waals surface area contributed by atoms with Crippen molar-refractivity contribution >= 4 is 11.3 Å². The lowest BCUT2D eigenvalue weighted by atomic mass is 9.92. The summed E-state index contributed by atoms with van der Waals surface area (Å²) >= 11 is 1.84. The molecule has 1 unspecified atom stereocenters. The van der Waals surface area contributed by atoms with Crippen molar-refractivity contribution in [2.45, 2.75) is 52.1 Å². The summed E-state index contributed by atoms with van der Waals surface area (Å²) in [4.78, 5) is 3.98. The van der Waals surface area contributed by atoms with Crippen molar-refractivity contribution in [3.8, 4) is 5.75 Å². The van der Waals surface area contributed by atoms with Crippen molar-refractivity contribution in [2.75, 3.05) is 13.7 Å². The SMILES string of the molecule is COc1ccccc1C(CCN(C(C)C)C(C)C)c1cccs1. The number of para-hydroxylation sites is 1. The molecule has 0 saturated carbocycles. The molecule has 1 aromatic carbocycles. The molecule has 0 saturated heterocycles. The predicted molar refractivity (Wildman–Crippen MR) is 101 cm³/mol. The van der Waals surface area contributed by atoms with Crippen LogP contribution in [0.3, 0.4) is 0 Å². The fourth-order valence-corrected chi connectivity index (χ4v) is 4.17. The van der Waals surface area contributed by atoms with Crippen LogP contribution in [0, 0.1) is 0 Å². The smallest absolute Gasteiger partial charge is 0.122 e. The van der Waals surface area contributed by atoms with Gasteiger partial charge in [-0.2, -0.15) is 0 Å². The van der Waals surface area contributed by atoms with Gasteiger partial charge in [0.2, 0.25) is 0 Å². The van der Waals surface area contributed by atoms with Gasteiger partial charge in [0.25, 0.3) is 0 Å². The van der Waals surface area contributed by atoms with E-state index >= 15 is 0 Å². The Kier molecular flexibility index (Phi) is 6.67. The van der Waals surface area contributed by atoms with Gasteiger partial charge in [-0.1, -0.05) is 24.3 Å². The first-order chi connectivity index (χ1) is 11.0. The number of nitrogens with zero attached hydrogens (tertiary/aromatic N) is 1. The lowest BCUT2D eigenvalue weighted by Crippen LogP contribution is -2.38. The molecule has 1 heterocycles. The number of thiophene rings is 1. The number of methoxy groups -OCH3 is 1. The highest BCUT2D eigenvalue weighted by Crippen LogP contribution is 2.36. The lowest BCUT2D eigenvalue weighted by Gasteiger charge is -2.32. The molecular formula is C20H29NOS. The van der Waals surface area contributed by atoms with Crippen LogP contribution in [0.25, 0.3) is 0 Å². The van der Waals surface area contributed by atoms with Gasteiger partial charge in [0, 0.05) is 28.4 Å². The van der Waals surface area contributed by atoms with Gasteiger partial charge in [-0.25, -0.2) is 0 Å². The highest BCUT2D eigenvalue weighted by atomic mass is 32.1. The molecule has 0 amide bonds. The third kappa shape index (κ3) is 4.58. The third-order valence-corrected chi connectivity index (χ3v) is 5.39. The van der Waals surface area contributed by atoms with Crippen LogP contribution in [-0.4, -0.2) is 30.6 Å². The van der Waals surface area contributed by atoms with Crippen molar-refractivity contribution in [3.63, 3.8) is 0 Å². The number of ether oxygens (including phenoxy) is 1. The van der Waals surface area contributed by atoms with Crippen LogP contribution in [0.2, 0.25) is 0 Å². The minimum atomic E-state index is 0.395. The van der Waals surface area contributed by atoms with Crippen LogP contribution in [0.1, 0.15) is 50.5 Å². The molecule has 23 heavy (non-hydrogen) atoms. The Hall–Kier alpha value is -1.32. The molecule has 0 radical (unpaired) electrons. The lowest BCUT2D eigenvalue weighted by molar-refractivity contribution is 0.170. The zero-order valence-electron chi connectivity index (χ0n) is 15.0. The Morgan fingerprint density at radius 3 is 2.26 bits per heavy atom. The summed E-state index contributed by atoms with van der Waals surface area (Å²) in [5, 5.41) is 2.17. The summed E-state index contributed by atoms with van der Waals surface area (Å²) in [6, 6.07) is 14.0. The molecule has 1 atom stereocenters. The largest absolute Gasteiger partial charge is 0.496 e. The molecule has 0 bridgehead atoms. The normalized spacial score (nSPS) is 13.0. The fourth-order valence-electron chi connectivity index (χ4n) is 3.29. The second-order valence-corrected chi connectivity index (χ2v) is 7.50. The molecule has 0 aliphatic heterocycles. The first-order valence-corrected chi connectivity index (χ1v) is 9.34. The Labute approximate surface area is 145 Å². The van der Waals surface area contributed by atoms with E-state index in [1.807, 2.05) is 17.4 Å². The van der Waals surface area contributed by atoms with Crippen molar-refractivity contribution < 1.29 is 4.74 Å². The van der Waals surface area contributed by atoms with E-state index in [2.05, 4.69) is 68.3 Å². The molecule has 2 rings (SSSR count). The highest BCUT2D eigenvalue weighted by Gasteiger charge is 2.22. The molecule has 3 heteroatoms. The van der Waals surface area contributed by atoms with E-state index in [0.717, 1.165) is 18.7 Å². The number of hydrogen-bond acceptors (Lipinski definition) is 3. The molecule has 0 N–H and O–H groups in total. The van der Waals surface area contributed by atoms with Crippen LogP contribution in [0.15, 0.2) is 41.8 Å². The van der Waals surface area contributed by atoms with E-state index in [4.69, 9.17) is 4.74 Å². The Morgan fingerprint density at radius 2 is 1.70 bits per heavy atom. The summed E-state index contributed by atoms with van der Waals surface area (Å²) in [7, 11) is 1.76. The number of rotatable bonds is 8. The zero-order valence-corrected chi connectivity index (χ0v) is 15.8. The first kappa shape index (κ1) is 18.0. The van der Waals surface area contributed by atoms with Crippen LogP contribution in [0.4, 0.5) is 0 Å². The second kappa shape index (κ2) is 8.51. The quantitative estimate of drug-likeness (QED) is 0.642. The van der Waals surface area contributed by atoms with Gasteiger partial charge in [-0.05, 0) is 58.2 Å². The highest BCUT2D eigenvalue weighted by molar-refractivity contribution is 7.10. The summed E-state index contributed by atoms with van der Waals surface area (Å²) in [5.41, 5.74) is 1.30. The minimum Gasteiger partial charge on any atom is -0.496 e. The second-order valence-electron chi connectivity index (χ2n) is 6.52. The van der Waals surface area contributed by atoms with Crippen LogP contribution >= 0.6 is 11.3 Å². The maximum Gasteiger partial charge on any atom is 0.122 e. The molecule has 2 aromatic rings. The van der Waals surface area contributed by atoms with Crippen LogP contribution in [0.5, 0.6) is 5.75 Å². The van der Waals surface area contributed by atoms with Gasteiger partial charge in [0.15, 0.2) is 0 Å². The average Bonchev–Trinajstić information content (AvgIpc) is 3.05. The van der Waals surface area contributed by atoms with Crippen molar-refractivity contribution in [1.29, 1.82) is 0 Å². The fraction of sp³-hybridized carbons (Fsp3) is 0.500. The van der Waals surface area contributed by atoms with E-state index in [1.165, 1.54) is 10.4 Å². The van der Waals surface area contributed by atoms with Gasteiger partial charge < -0.3 is 4.74 Å². The zero-order chi connectivity index (χ0) is 16.8. The van der Waals surface area contributed by atoms with Gasteiger partial charge >= 0.3 is 0 Å². The topological polar surface area (TPSA) is 12.5 Å². The van der Waals surface area contributed by atoms with Crippen LogP contribution in [-0.2, 0) is 0 Å². The van der Waals surface area contributed by atoms with Crippen molar-refractivity contribution in [1.82, 2.24) is 4.90 Å². The van der Waals surface area contributed by atoms with E-state index in [1.54, 1.807) is 7.11 Å². The van der Waals surface area contributed by atoms with E-state index in [9.17, 15) is 0 Å². The van der Waals surface area contributed by atoms with Crippen molar-refractivity contribution in [3.05, 3.63) is 52.2 Å². The van der Waals surface area contributed by atoms with Gasteiger partial charge in [-0.3, -0.25) is 4.90 Å². The molecular weight excluding hydrogens is 302 g/mol. The maximum atomic E-state index is 5.62. The molecule has 0 aliphatic carbocycles. The Balaban J connectivity index is 2.26. The van der Waals surface area contributed by atoms with Crippen LogP contribution < -0.4 is 4.74 Å². The van der Waals surface area contributed by atoms with Crippen molar-refractivity contribution in [2.24, 2.45) is 0 Å². The molecule has 126 valence electrons. The summed E-state index contributed by atoms with van der Waals surface area (Å²) < 4.78 is 5.62. The monoisotopic (exact) mass is 331 g/mol. The van der Waals surface area contributed by atoms with E-state index < -0.39 is 0 Å².